The second-order valence-corrected chi connectivity index (χ2v) is 6.07. The first-order chi connectivity index (χ1) is 8.00. The molecule has 0 aromatic carbocycles. The van der Waals surface area contributed by atoms with E-state index in [2.05, 4.69) is 10.6 Å². The van der Waals surface area contributed by atoms with Gasteiger partial charge in [0, 0.05) is 31.9 Å². The van der Waals surface area contributed by atoms with Crippen LogP contribution in [0, 0.1) is 0 Å². The minimum atomic E-state index is -0.593. The number of carbonyl (C=O) groups is 3. The number of rotatable bonds is 5. The Kier molecular flexibility index (Phi) is 6.01. The smallest absolute Gasteiger partial charge is 0.217 e. The molecule has 1 aliphatic heterocycles. The first-order valence-corrected chi connectivity index (χ1v) is 7.33. The molecule has 0 spiro atoms. The molecule has 96 valence electrons. The van der Waals surface area contributed by atoms with Crippen LogP contribution in [0.25, 0.3) is 0 Å². The minimum absolute atomic E-state index is 0.0554. The fraction of sp³-hybridized carbons (Fsp3) is 0.700. The molecule has 0 bridgehead atoms. The van der Waals surface area contributed by atoms with E-state index in [1.54, 1.807) is 0 Å². The Morgan fingerprint density at radius 1 is 1.47 bits per heavy atom. The normalized spacial score (nSPS) is 20.9. The Labute approximate surface area is 109 Å². The first-order valence-electron chi connectivity index (χ1n) is 5.30. The van der Waals surface area contributed by atoms with E-state index in [4.69, 9.17) is 0 Å². The summed E-state index contributed by atoms with van der Waals surface area (Å²) in [5, 5.41) is 5.34. The van der Waals surface area contributed by atoms with Crippen molar-refractivity contribution in [2.75, 3.05) is 18.1 Å². The van der Waals surface area contributed by atoms with Gasteiger partial charge in [-0.05, 0) is 0 Å². The van der Waals surface area contributed by atoms with Crippen LogP contribution in [-0.4, -0.2) is 46.3 Å². The number of ketones is 1. The molecule has 1 aliphatic rings. The molecule has 1 amide bonds. The Balaban J connectivity index is 2.56. The third-order valence-electron chi connectivity index (χ3n) is 2.15. The molecule has 0 saturated carbocycles. The second-order valence-electron chi connectivity index (χ2n) is 3.66. The van der Waals surface area contributed by atoms with Crippen molar-refractivity contribution in [3.05, 3.63) is 0 Å². The van der Waals surface area contributed by atoms with E-state index in [9.17, 15) is 14.4 Å². The molecule has 0 aliphatic carbocycles. The number of Topliss-reactive ketones (excluding diaryl/α,β-unsaturated/α-hetero) is 1. The van der Waals surface area contributed by atoms with Gasteiger partial charge in [-0.25, -0.2) is 0 Å². The van der Waals surface area contributed by atoms with Gasteiger partial charge >= 0.3 is 0 Å². The maximum absolute atomic E-state index is 12.1. The molecule has 1 unspecified atom stereocenters. The van der Waals surface area contributed by atoms with Crippen molar-refractivity contribution in [1.82, 2.24) is 10.6 Å². The molecule has 0 radical (unpaired) electrons. The zero-order valence-corrected chi connectivity index (χ0v) is 11.5. The molecular formula is C10H16N2O3S2. The van der Waals surface area contributed by atoms with E-state index in [0.29, 0.717) is 5.75 Å². The van der Waals surface area contributed by atoms with E-state index in [0.717, 1.165) is 24.1 Å². The highest BCUT2D eigenvalue weighted by Gasteiger charge is 2.30. The number of thioether (sulfide) groups is 2. The Morgan fingerprint density at radius 3 is 2.65 bits per heavy atom. The summed E-state index contributed by atoms with van der Waals surface area (Å²) in [5.74, 6) is 0.877. The predicted octanol–water partition coefficient (Wildman–Crippen LogP) is 0.00240. The molecule has 5 nitrogen and oxygen atoms in total. The zero-order chi connectivity index (χ0) is 12.8. The Morgan fingerprint density at radius 2 is 2.18 bits per heavy atom. The summed E-state index contributed by atoms with van der Waals surface area (Å²) in [6.45, 7) is 3.62. The van der Waals surface area contributed by atoms with Gasteiger partial charge < -0.3 is 5.32 Å². The summed E-state index contributed by atoms with van der Waals surface area (Å²) in [4.78, 5) is 34.0. The van der Waals surface area contributed by atoms with E-state index >= 15 is 0 Å². The van der Waals surface area contributed by atoms with E-state index in [1.165, 1.54) is 25.6 Å². The van der Waals surface area contributed by atoms with Crippen LogP contribution in [0.2, 0.25) is 0 Å². The number of hydrogen-bond donors (Lipinski definition) is 2. The van der Waals surface area contributed by atoms with Crippen LogP contribution in [-0.2, 0) is 14.4 Å². The van der Waals surface area contributed by atoms with Gasteiger partial charge in [-0.15, -0.1) is 11.8 Å². The zero-order valence-electron chi connectivity index (χ0n) is 9.82. The molecule has 2 N–H and O–H groups in total. The number of nitrogens with one attached hydrogen (secondary N) is 2. The lowest BCUT2D eigenvalue weighted by atomic mass is 10.2. The lowest BCUT2D eigenvalue weighted by Gasteiger charge is -2.19. The van der Waals surface area contributed by atoms with Gasteiger partial charge in [-0.3, -0.25) is 19.7 Å². The highest BCUT2D eigenvalue weighted by Crippen LogP contribution is 2.17. The van der Waals surface area contributed by atoms with Gasteiger partial charge in [0.15, 0.2) is 10.9 Å². The largest absolute Gasteiger partial charge is 0.346 e. The summed E-state index contributed by atoms with van der Waals surface area (Å²) in [7, 11) is 0. The lowest BCUT2D eigenvalue weighted by Crippen LogP contribution is -2.48. The van der Waals surface area contributed by atoms with Crippen molar-refractivity contribution >= 4 is 40.3 Å². The fourth-order valence-electron chi connectivity index (χ4n) is 1.43. The SMILES string of the molecule is CC(=O)N[C@@H](CSC(C)=O)C(=O)C1NCCS1. The first kappa shape index (κ1) is 14.5. The van der Waals surface area contributed by atoms with Crippen LogP contribution in [0.4, 0.5) is 0 Å². The van der Waals surface area contributed by atoms with Crippen LogP contribution in [0.15, 0.2) is 0 Å². The fourth-order valence-corrected chi connectivity index (χ4v) is 3.12. The van der Waals surface area contributed by atoms with Crippen molar-refractivity contribution in [2.24, 2.45) is 0 Å². The third-order valence-corrected chi connectivity index (χ3v) is 4.23. The van der Waals surface area contributed by atoms with Crippen LogP contribution in [0.3, 0.4) is 0 Å². The topological polar surface area (TPSA) is 75.3 Å². The summed E-state index contributed by atoms with van der Waals surface area (Å²) in [6, 6.07) is -0.593. The highest BCUT2D eigenvalue weighted by molar-refractivity contribution is 8.13. The summed E-state index contributed by atoms with van der Waals surface area (Å²) in [5.41, 5.74) is 0. The van der Waals surface area contributed by atoms with E-state index in [1.807, 2.05) is 0 Å². The van der Waals surface area contributed by atoms with E-state index < -0.39 is 6.04 Å². The lowest BCUT2D eigenvalue weighted by molar-refractivity contribution is -0.126. The standard InChI is InChI=1S/C10H16N2O3S2/c1-6(13)12-8(5-17-7(2)14)9(15)10-11-3-4-16-10/h8,10-11H,3-5H2,1-2H3,(H,12,13)/t8-,10?/m0/s1. The van der Waals surface area contributed by atoms with Crippen molar-refractivity contribution in [2.45, 2.75) is 25.3 Å². The third kappa shape index (κ3) is 5.10. The average Bonchev–Trinajstić information content (AvgIpc) is 2.75. The quantitative estimate of drug-likeness (QED) is 0.736. The van der Waals surface area contributed by atoms with Crippen LogP contribution in [0.1, 0.15) is 13.8 Å². The summed E-state index contributed by atoms with van der Waals surface area (Å²) < 4.78 is 0. The van der Waals surface area contributed by atoms with Gasteiger partial charge in [-0.2, -0.15) is 0 Å². The molecule has 1 rings (SSSR count). The maximum Gasteiger partial charge on any atom is 0.217 e. The van der Waals surface area contributed by atoms with Crippen LogP contribution >= 0.6 is 23.5 Å². The Bertz CT molecular complexity index is 317. The molecular weight excluding hydrogens is 260 g/mol. The van der Waals surface area contributed by atoms with Gasteiger partial charge in [0.05, 0.1) is 6.04 Å². The molecule has 1 saturated heterocycles. The monoisotopic (exact) mass is 276 g/mol. The number of hydrogen-bond acceptors (Lipinski definition) is 6. The highest BCUT2D eigenvalue weighted by atomic mass is 32.2. The molecule has 0 aromatic heterocycles. The summed E-state index contributed by atoms with van der Waals surface area (Å²) in [6.07, 6.45) is 0. The summed E-state index contributed by atoms with van der Waals surface area (Å²) >= 11 is 2.59. The second kappa shape index (κ2) is 7.03. The van der Waals surface area contributed by atoms with Crippen molar-refractivity contribution < 1.29 is 14.4 Å². The van der Waals surface area contributed by atoms with E-state index in [-0.39, 0.29) is 22.2 Å². The Hall–Kier alpha value is -0.530. The molecule has 0 aromatic rings. The molecule has 1 heterocycles. The van der Waals surface area contributed by atoms with Gasteiger partial charge in [0.1, 0.15) is 5.37 Å². The molecule has 7 heteroatoms. The van der Waals surface area contributed by atoms with Gasteiger partial charge in [0.25, 0.3) is 0 Å². The number of amides is 1. The van der Waals surface area contributed by atoms with Crippen molar-refractivity contribution in [1.29, 1.82) is 0 Å². The van der Waals surface area contributed by atoms with Crippen LogP contribution < -0.4 is 10.6 Å². The minimum Gasteiger partial charge on any atom is -0.346 e. The van der Waals surface area contributed by atoms with Gasteiger partial charge in [0.2, 0.25) is 5.91 Å². The molecule has 1 fully saturated rings. The van der Waals surface area contributed by atoms with Crippen molar-refractivity contribution in [3.8, 4) is 0 Å². The average molecular weight is 276 g/mol. The van der Waals surface area contributed by atoms with Crippen LogP contribution in [0.5, 0.6) is 0 Å². The van der Waals surface area contributed by atoms with Gasteiger partial charge in [-0.1, -0.05) is 11.8 Å². The molecule has 2 atom stereocenters. The maximum atomic E-state index is 12.1. The molecule has 17 heavy (non-hydrogen) atoms. The predicted molar refractivity (Wildman–Crippen MR) is 70.0 cm³/mol. The number of carbonyl (C=O) groups excluding carboxylic acids is 3. The van der Waals surface area contributed by atoms with Crippen molar-refractivity contribution in [3.63, 3.8) is 0 Å².